The van der Waals surface area contributed by atoms with Gasteiger partial charge in [0.15, 0.2) is 0 Å². The van der Waals surface area contributed by atoms with Gasteiger partial charge in [0.1, 0.15) is 0 Å². The van der Waals surface area contributed by atoms with E-state index in [1.807, 2.05) is 19.9 Å². The Labute approximate surface area is 68.6 Å². The first-order valence-electron chi connectivity index (χ1n) is 4.02. The average Bonchev–Trinajstić information content (AvgIpc) is 1.82. The molecule has 0 saturated heterocycles. The molecule has 2 N–H and O–H groups in total. The van der Waals surface area contributed by atoms with Crippen LogP contribution in [0.1, 0.15) is 33.6 Å². The molecule has 0 aromatic carbocycles. The Kier molecular flexibility index (Phi) is 5.16. The van der Waals surface area contributed by atoms with Crippen LogP contribution in [0.5, 0.6) is 0 Å². The van der Waals surface area contributed by atoms with Gasteiger partial charge in [-0.2, -0.15) is 0 Å². The van der Waals surface area contributed by atoms with Crippen LogP contribution in [0, 0.1) is 0 Å². The molecular formula is C9H18O2. The lowest BCUT2D eigenvalue weighted by Crippen LogP contribution is -2.13. The normalized spacial score (nSPS) is 15.7. The fourth-order valence-corrected chi connectivity index (χ4v) is 0.862. The van der Waals surface area contributed by atoms with Crippen LogP contribution >= 0.6 is 0 Å². The van der Waals surface area contributed by atoms with E-state index in [4.69, 9.17) is 5.11 Å². The molecule has 0 fully saturated rings. The molecule has 66 valence electrons. The maximum Gasteiger partial charge on any atom is 0.0599 e. The van der Waals surface area contributed by atoms with Crippen LogP contribution < -0.4 is 0 Å². The second-order valence-electron chi connectivity index (χ2n) is 3.26. The first-order valence-corrected chi connectivity index (χ1v) is 4.02. The molecule has 0 amide bonds. The van der Waals surface area contributed by atoms with E-state index in [-0.39, 0.29) is 0 Å². The van der Waals surface area contributed by atoms with Crippen molar-refractivity contribution in [2.75, 3.05) is 0 Å². The van der Waals surface area contributed by atoms with Gasteiger partial charge in [-0.1, -0.05) is 11.6 Å². The van der Waals surface area contributed by atoms with E-state index >= 15 is 0 Å². The number of aliphatic hydroxyl groups excluding tert-OH is 2. The second-order valence-corrected chi connectivity index (χ2v) is 3.26. The molecule has 2 nitrogen and oxygen atoms in total. The van der Waals surface area contributed by atoms with E-state index in [1.54, 1.807) is 6.92 Å². The number of allylic oxidation sites excluding steroid dienone is 1. The van der Waals surface area contributed by atoms with Gasteiger partial charge >= 0.3 is 0 Å². The van der Waals surface area contributed by atoms with Gasteiger partial charge in [0.2, 0.25) is 0 Å². The maximum absolute atomic E-state index is 9.26. The summed E-state index contributed by atoms with van der Waals surface area (Å²) in [6.45, 7) is 5.68. The van der Waals surface area contributed by atoms with E-state index < -0.39 is 12.2 Å². The van der Waals surface area contributed by atoms with E-state index in [2.05, 4.69) is 0 Å². The third-order valence-corrected chi connectivity index (χ3v) is 1.41. The lowest BCUT2D eigenvalue weighted by molar-refractivity contribution is 0.0923. The lowest BCUT2D eigenvalue weighted by Gasteiger charge is -2.09. The van der Waals surface area contributed by atoms with E-state index in [9.17, 15) is 5.11 Å². The van der Waals surface area contributed by atoms with Gasteiger partial charge in [-0.05, 0) is 33.6 Å². The van der Waals surface area contributed by atoms with Crippen molar-refractivity contribution < 1.29 is 10.2 Å². The minimum Gasteiger partial charge on any atom is -0.393 e. The van der Waals surface area contributed by atoms with Gasteiger partial charge in [0.25, 0.3) is 0 Å². The molecule has 0 aliphatic rings. The Hall–Kier alpha value is -0.340. The van der Waals surface area contributed by atoms with Crippen LogP contribution in [0.4, 0.5) is 0 Å². The van der Waals surface area contributed by atoms with Gasteiger partial charge < -0.3 is 10.2 Å². The predicted octanol–water partition coefficient (Wildman–Crippen LogP) is 1.47. The Balaban J connectivity index is 3.53. The number of rotatable bonds is 4. The fourth-order valence-electron chi connectivity index (χ4n) is 0.862. The molecule has 0 heterocycles. The molecule has 11 heavy (non-hydrogen) atoms. The van der Waals surface area contributed by atoms with Crippen molar-refractivity contribution >= 4 is 0 Å². The predicted molar refractivity (Wildman–Crippen MR) is 46.4 cm³/mol. The molecule has 0 aliphatic carbocycles. The van der Waals surface area contributed by atoms with Crippen molar-refractivity contribution in [3.63, 3.8) is 0 Å². The summed E-state index contributed by atoms with van der Waals surface area (Å²) in [5.74, 6) is 0. The molecule has 0 rings (SSSR count). The smallest absolute Gasteiger partial charge is 0.0599 e. The molecule has 2 atom stereocenters. The molecule has 0 saturated carbocycles. The molecule has 2 unspecified atom stereocenters. The standard InChI is InChI=1S/C9H18O2/c1-7(2)4-5-9(11)6-8(3)10/h4,8-11H,5-6H2,1-3H3. The Bertz CT molecular complexity index is 124. The van der Waals surface area contributed by atoms with Gasteiger partial charge in [-0.3, -0.25) is 0 Å². The van der Waals surface area contributed by atoms with Crippen LogP contribution in [0.15, 0.2) is 11.6 Å². The van der Waals surface area contributed by atoms with Gasteiger partial charge in [0, 0.05) is 0 Å². The zero-order valence-electron chi connectivity index (χ0n) is 7.54. The summed E-state index contributed by atoms with van der Waals surface area (Å²) in [5.41, 5.74) is 1.20. The highest BCUT2D eigenvalue weighted by Crippen LogP contribution is 2.04. The molecule has 0 aromatic heterocycles. The Morgan fingerprint density at radius 2 is 1.91 bits per heavy atom. The van der Waals surface area contributed by atoms with Crippen molar-refractivity contribution in [2.45, 2.75) is 45.8 Å². The molecule has 0 radical (unpaired) electrons. The van der Waals surface area contributed by atoms with Crippen LogP contribution in [-0.2, 0) is 0 Å². The minimum atomic E-state index is -0.407. The Morgan fingerprint density at radius 3 is 2.27 bits per heavy atom. The highest BCUT2D eigenvalue weighted by atomic mass is 16.3. The first kappa shape index (κ1) is 10.7. The number of aliphatic hydroxyl groups is 2. The average molecular weight is 158 g/mol. The van der Waals surface area contributed by atoms with Crippen molar-refractivity contribution in [3.8, 4) is 0 Å². The monoisotopic (exact) mass is 158 g/mol. The summed E-state index contributed by atoms with van der Waals surface area (Å²) in [6, 6.07) is 0. The van der Waals surface area contributed by atoms with Crippen molar-refractivity contribution in [1.29, 1.82) is 0 Å². The summed E-state index contributed by atoms with van der Waals surface area (Å²) in [7, 11) is 0. The summed E-state index contributed by atoms with van der Waals surface area (Å²) in [4.78, 5) is 0. The summed E-state index contributed by atoms with van der Waals surface area (Å²) in [5, 5.41) is 18.2. The van der Waals surface area contributed by atoms with E-state index in [0.29, 0.717) is 12.8 Å². The third-order valence-electron chi connectivity index (χ3n) is 1.41. The van der Waals surface area contributed by atoms with E-state index in [1.165, 1.54) is 5.57 Å². The third kappa shape index (κ3) is 7.56. The van der Waals surface area contributed by atoms with Crippen LogP contribution in [-0.4, -0.2) is 22.4 Å². The fraction of sp³-hybridized carbons (Fsp3) is 0.778. The molecular weight excluding hydrogens is 140 g/mol. The maximum atomic E-state index is 9.26. The van der Waals surface area contributed by atoms with Gasteiger partial charge in [-0.25, -0.2) is 0 Å². The Morgan fingerprint density at radius 1 is 1.36 bits per heavy atom. The summed E-state index contributed by atoms with van der Waals surface area (Å²) >= 11 is 0. The molecule has 2 heteroatoms. The van der Waals surface area contributed by atoms with Gasteiger partial charge in [-0.15, -0.1) is 0 Å². The van der Waals surface area contributed by atoms with Gasteiger partial charge in [0.05, 0.1) is 12.2 Å². The van der Waals surface area contributed by atoms with E-state index in [0.717, 1.165) is 0 Å². The lowest BCUT2D eigenvalue weighted by atomic mass is 10.1. The minimum absolute atomic E-state index is 0.398. The summed E-state index contributed by atoms with van der Waals surface area (Å²) in [6.07, 6.45) is 2.28. The largest absolute Gasteiger partial charge is 0.393 e. The summed E-state index contributed by atoms with van der Waals surface area (Å²) < 4.78 is 0. The second kappa shape index (κ2) is 5.33. The molecule has 0 spiro atoms. The molecule has 0 aromatic rings. The van der Waals surface area contributed by atoms with Crippen molar-refractivity contribution in [1.82, 2.24) is 0 Å². The SMILES string of the molecule is CC(C)=CCC(O)CC(C)O. The number of hydrogen-bond donors (Lipinski definition) is 2. The van der Waals surface area contributed by atoms with Crippen molar-refractivity contribution in [2.24, 2.45) is 0 Å². The highest BCUT2D eigenvalue weighted by Gasteiger charge is 2.05. The van der Waals surface area contributed by atoms with Crippen LogP contribution in [0.25, 0.3) is 0 Å². The molecule has 0 aliphatic heterocycles. The van der Waals surface area contributed by atoms with Crippen LogP contribution in [0.2, 0.25) is 0 Å². The zero-order chi connectivity index (χ0) is 8.85. The first-order chi connectivity index (χ1) is 5.02. The quantitative estimate of drug-likeness (QED) is 0.608. The highest BCUT2D eigenvalue weighted by molar-refractivity contribution is 4.94. The number of hydrogen-bond acceptors (Lipinski definition) is 2. The topological polar surface area (TPSA) is 40.5 Å². The van der Waals surface area contributed by atoms with Crippen molar-refractivity contribution in [3.05, 3.63) is 11.6 Å². The zero-order valence-corrected chi connectivity index (χ0v) is 7.54. The van der Waals surface area contributed by atoms with Crippen LogP contribution in [0.3, 0.4) is 0 Å². The molecule has 0 bridgehead atoms.